The Morgan fingerprint density at radius 1 is 0.889 bits per heavy atom. The van der Waals surface area contributed by atoms with E-state index in [1.54, 1.807) is 18.2 Å². The van der Waals surface area contributed by atoms with Gasteiger partial charge in [-0.15, -0.1) is 0 Å². The third kappa shape index (κ3) is 7.16. The molecule has 0 N–H and O–H groups in total. The van der Waals surface area contributed by atoms with Crippen molar-refractivity contribution < 1.29 is 46.7 Å². The highest BCUT2D eigenvalue weighted by Gasteiger charge is 2.72. The van der Waals surface area contributed by atoms with Crippen LogP contribution in [0.15, 0.2) is 30.3 Å². The number of hydrogen-bond donors (Lipinski definition) is 0. The smallest absolute Gasteiger partial charge is 0.343 e. The van der Waals surface area contributed by atoms with Crippen LogP contribution in [0.3, 0.4) is 0 Å². The fraction of sp³-hybridized carbons (Fsp3) is 0.618. The summed E-state index contributed by atoms with van der Waals surface area (Å²) in [6.07, 6.45) is 2.50. The molecule has 2 heterocycles. The molecule has 0 aliphatic carbocycles. The Balaban J connectivity index is 1.83. The maximum Gasteiger partial charge on any atom is 0.343 e. The summed E-state index contributed by atoms with van der Waals surface area (Å²) in [5.41, 5.74) is -0.576. The summed E-state index contributed by atoms with van der Waals surface area (Å²) < 4.78 is 72.4. The van der Waals surface area contributed by atoms with Crippen LogP contribution in [0.2, 0.25) is 5.02 Å². The number of benzene rings is 2. The molecule has 8 nitrogen and oxygen atoms in total. The number of rotatable bonds is 17. The number of ether oxygens (including phenoxy) is 7. The van der Waals surface area contributed by atoms with Crippen molar-refractivity contribution >= 4 is 17.6 Å². The van der Waals surface area contributed by atoms with Crippen LogP contribution in [0.25, 0.3) is 0 Å². The monoisotopic (exact) mass is 654 g/mol. The van der Waals surface area contributed by atoms with E-state index in [2.05, 4.69) is 20.8 Å². The van der Waals surface area contributed by atoms with E-state index in [0.29, 0.717) is 36.0 Å². The van der Waals surface area contributed by atoms with Crippen LogP contribution >= 0.6 is 11.6 Å². The first kappa shape index (κ1) is 35.5. The summed E-state index contributed by atoms with van der Waals surface area (Å²) >= 11 is 6.61. The van der Waals surface area contributed by atoms with E-state index in [1.165, 1.54) is 26.4 Å². The molecule has 250 valence electrons. The largest absolute Gasteiger partial charge is 0.494 e. The predicted molar refractivity (Wildman–Crippen MR) is 165 cm³/mol. The number of unbranched alkanes of at least 4 members (excludes halogenated alkanes) is 3. The average Bonchev–Trinajstić information content (AvgIpc) is 3.41. The van der Waals surface area contributed by atoms with E-state index in [1.807, 2.05) is 0 Å². The lowest BCUT2D eigenvalue weighted by molar-refractivity contribution is -0.341. The number of methoxy groups -OCH3 is 2. The zero-order valence-electron chi connectivity index (χ0n) is 26.8. The number of esters is 1. The molecule has 0 saturated carbocycles. The molecule has 2 saturated heterocycles. The molecule has 0 amide bonds. The van der Waals surface area contributed by atoms with Gasteiger partial charge in [-0.25, -0.2) is 9.18 Å². The molecular formula is C34H45ClF2O8. The number of halogens is 3. The second kappa shape index (κ2) is 16.0. The van der Waals surface area contributed by atoms with Crippen molar-refractivity contribution in [2.24, 2.45) is 0 Å². The molecule has 0 unspecified atom stereocenters. The number of fused-ring (bicyclic) bond motifs is 2. The standard InChI is InChI=1S/C34H45ClF2O8/c1-6-9-16-41-29-30(42-17-10-7-2)33(32(38)40-5)21-44-34(45-33,31(29)43-18-11-8-3)24-13-14-25(35)23(20-24)19-22-12-15-26(39-4)28(37)27(22)36/h12-15,20,29-31H,6-11,16-19,21H2,1-5H3/t29-,30-,31+,33-,34-/m0/s1. The van der Waals surface area contributed by atoms with E-state index in [9.17, 15) is 9.18 Å². The summed E-state index contributed by atoms with van der Waals surface area (Å²) in [4.78, 5) is 13.6. The first-order valence-electron chi connectivity index (χ1n) is 15.8. The lowest BCUT2D eigenvalue weighted by Gasteiger charge is -2.49. The molecule has 2 fully saturated rings. The molecule has 0 aromatic heterocycles. The van der Waals surface area contributed by atoms with Crippen LogP contribution in [-0.4, -0.2) is 70.5 Å². The van der Waals surface area contributed by atoms with Gasteiger partial charge in [0, 0.05) is 36.8 Å². The van der Waals surface area contributed by atoms with E-state index in [0.717, 1.165) is 38.5 Å². The molecule has 0 spiro atoms. The maximum atomic E-state index is 15.0. The second-order valence-corrected chi connectivity index (χ2v) is 11.9. The Labute approximate surface area is 269 Å². The zero-order valence-corrected chi connectivity index (χ0v) is 27.6. The highest BCUT2D eigenvalue weighted by atomic mass is 35.5. The van der Waals surface area contributed by atoms with Gasteiger partial charge in [-0.1, -0.05) is 63.8 Å². The van der Waals surface area contributed by atoms with Crippen LogP contribution in [0.5, 0.6) is 5.75 Å². The summed E-state index contributed by atoms with van der Waals surface area (Å²) in [5, 5.41) is 0.332. The lowest BCUT2D eigenvalue weighted by atomic mass is 9.82. The Morgan fingerprint density at radius 3 is 2.16 bits per heavy atom. The SMILES string of the molecule is CCCCO[C@@H]1[C@@H](OCCCC)[C@@]2(c3ccc(Cl)c(Cc4ccc(OC)c(F)c4F)c3)OC[C@](C(=O)OC)(O2)[C@H]1OCCCC. The van der Waals surface area contributed by atoms with Crippen LogP contribution in [-0.2, 0) is 45.4 Å². The van der Waals surface area contributed by atoms with Crippen LogP contribution in [0, 0.1) is 11.6 Å². The Kier molecular flexibility index (Phi) is 12.6. The van der Waals surface area contributed by atoms with Gasteiger partial charge in [-0.05, 0) is 48.6 Å². The van der Waals surface area contributed by atoms with Crippen molar-refractivity contribution in [1.82, 2.24) is 0 Å². The van der Waals surface area contributed by atoms with Crippen LogP contribution < -0.4 is 4.74 Å². The van der Waals surface area contributed by atoms with Crippen molar-refractivity contribution in [3.63, 3.8) is 0 Å². The average molecular weight is 655 g/mol. The third-order valence-electron chi connectivity index (χ3n) is 8.37. The second-order valence-electron chi connectivity index (χ2n) is 11.5. The van der Waals surface area contributed by atoms with Crippen LogP contribution in [0.4, 0.5) is 8.78 Å². The van der Waals surface area contributed by atoms with E-state index < -0.39 is 47.3 Å². The fourth-order valence-electron chi connectivity index (χ4n) is 5.84. The van der Waals surface area contributed by atoms with Crippen molar-refractivity contribution in [3.8, 4) is 5.75 Å². The fourth-order valence-corrected chi connectivity index (χ4v) is 6.02. The quantitative estimate of drug-likeness (QED) is 0.135. The van der Waals surface area contributed by atoms with Crippen molar-refractivity contribution in [2.45, 2.75) is 95.4 Å². The molecule has 11 heteroatoms. The van der Waals surface area contributed by atoms with Crippen molar-refractivity contribution in [2.75, 3.05) is 40.6 Å². The van der Waals surface area contributed by atoms with Gasteiger partial charge in [0.1, 0.15) is 18.3 Å². The Hall–Kier alpha value is -2.34. The van der Waals surface area contributed by atoms with Crippen molar-refractivity contribution in [3.05, 3.63) is 63.7 Å². The van der Waals surface area contributed by atoms with E-state index in [-0.39, 0.29) is 24.3 Å². The topological polar surface area (TPSA) is 81.7 Å². The molecule has 5 atom stereocenters. The highest BCUT2D eigenvalue weighted by molar-refractivity contribution is 6.31. The minimum atomic E-state index is -1.64. The zero-order chi connectivity index (χ0) is 32.6. The van der Waals surface area contributed by atoms with Gasteiger partial charge in [-0.3, -0.25) is 0 Å². The molecule has 2 aromatic carbocycles. The molecule has 2 aliphatic heterocycles. The predicted octanol–water partition coefficient (Wildman–Crippen LogP) is 6.90. The van der Waals surface area contributed by atoms with Gasteiger partial charge in [0.25, 0.3) is 0 Å². The Bertz CT molecular complexity index is 1300. The molecular weight excluding hydrogens is 610 g/mol. The molecule has 2 aromatic rings. The molecule has 0 radical (unpaired) electrons. The highest BCUT2D eigenvalue weighted by Crippen LogP contribution is 2.53. The van der Waals surface area contributed by atoms with Gasteiger partial charge in [-0.2, -0.15) is 4.39 Å². The van der Waals surface area contributed by atoms with Crippen molar-refractivity contribution in [1.29, 1.82) is 0 Å². The normalized spacial score (nSPS) is 25.8. The molecule has 2 bridgehead atoms. The third-order valence-corrected chi connectivity index (χ3v) is 8.74. The lowest BCUT2D eigenvalue weighted by Crippen LogP contribution is -2.69. The van der Waals surface area contributed by atoms with Crippen LogP contribution in [0.1, 0.15) is 76.0 Å². The number of carbonyl (C=O) groups excluding carboxylic acids is 1. The van der Waals surface area contributed by atoms with Gasteiger partial charge in [0.15, 0.2) is 11.6 Å². The molecule has 2 aliphatic rings. The number of carbonyl (C=O) groups is 1. The molecule has 45 heavy (non-hydrogen) atoms. The minimum absolute atomic E-state index is 0.0296. The van der Waals surface area contributed by atoms with Gasteiger partial charge < -0.3 is 33.2 Å². The van der Waals surface area contributed by atoms with Gasteiger partial charge in [0.2, 0.25) is 17.2 Å². The number of hydrogen-bond acceptors (Lipinski definition) is 8. The van der Waals surface area contributed by atoms with E-state index in [4.69, 9.17) is 44.8 Å². The summed E-state index contributed by atoms with van der Waals surface area (Å²) in [6, 6.07) is 7.91. The van der Waals surface area contributed by atoms with E-state index >= 15 is 4.39 Å². The van der Waals surface area contributed by atoms with Gasteiger partial charge >= 0.3 is 5.97 Å². The summed E-state index contributed by atoms with van der Waals surface area (Å²) in [5.74, 6) is -4.56. The molecule has 4 rings (SSSR count). The first-order chi connectivity index (χ1) is 21.7. The summed E-state index contributed by atoms with van der Waals surface area (Å²) in [6.45, 7) is 7.17. The maximum absolute atomic E-state index is 15.0. The minimum Gasteiger partial charge on any atom is -0.494 e. The Morgan fingerprint density at radius 2 is 1.53 bits per heavy atom. The van der Waals surface area contributed by atoms with Gasteiger partial charge in [0.05, 0.1) is 20.8 Å². The summed E-state index contributed by atoms with van der Waals surface area (Å²) in [7, 11) is 2.57. The first-order valence-corrected chi connectivity index (χ1v) is 16.2.